The molecule has 0 atom stereocenters. The van der Waals surface area contributed by atoms with Gasteiger partial charge in [-0.2, -0.15) is 0 Å². The molecule has 0 radical (unpaired) electrons. The molecule has 0 spiro atoms. The molecule has 1 saturated heterocycles. The number of fused-ring (bicyclic) bond motifs is 1. The molecule has 0 aromatic heterocycles. The summed E-state index contributed by atoms with van der Waals surface area (Å²) in [5.41, 5.74) is 0.688. The molecule has 7 heteroatoms. The van der Waals surface area contributed by atoms with Gasteiger partial charge in [-0.25, -0.2) is 17.2 Å². The van der Waals surface area contributed by atoms with Crippen molar-refractivity contribution in [1.29, 1.82) is 0 Å². The fraction of sp³-hybridized carbons (Fsp3) is 0.294. The maximum Gasteiger partial charge on any atom is 0.265 e. The Bertz CT molecular complexity index is 909. The summed E-state index contributed by atoms with van der Waals surface area (Å²) in [6.45, 7) is 1.25. The fourth-order valence-corrected chi connectivity index (χ4v) is 5.12. The van der Waals surface area contributed by atoms with Gasteiger partial charge in [-0.1, -0.05) is 12.1 Å². The van der Waals surface area contributed by atoms with Gasteiger partial charge in [-0.15, -0.1) is 0 Å². The molecule has 4 rings (SSSR count). The van der Waals surface area contributed by atoms with Crippen LogP contribution in [-0.2, 0) is 16.6 Å². The number of para-hydroxylation sites is 1. The standard InChI is InChI=1S/C17H16F2N2O2S/c18-13-5-4-8-16-12(13)11-21(24(16,22)23)15-7-3-6-14(19)17(15)20-9-1-2-10-20/h3-8H,1-2,9-11H2. The average molecular weight is 350 g/mol. The number of nitrogens with zero attached hydrogens (tertiary/aromatic N) is 2. The van der Waals surface area contributed by atoms with Crippen molar-refractivity contribution in [2.24, 2.45) is 0 Å². The normalized spacial score (nSPS) is 18.9. The molecule has 0 bridgehead atoms. The van der Waals surface area contributed by atoms with E-state index in [0.717, 1.165) is 17.1 Å². The lowest BCUT2D eigenvalue weighted by molar-refractivity contribution is 0.594. The lowest BCUT2D eigenvalue weighted by Crippen LogP contribution is -2.28. The van der Waals surface area contributed by atoms with Crippen LogP contribution < -0.4 is 9.21 Å². The number of halogens is 2. The minimum absolute atomic E-state index is 0.0425. The van der Waals surface area contributed by atoms with E-state index >= 15 is 0 Å². The van der Waals surface area contributed by atoms with E-state index in [0.29, 0.717) is 13.1 Å². The van der Waals surface area contributed by atoms with Crippen molar-refractivity contribution in [3.63, 3.8) is 0 Å². The van der Waals surface area contributed by atoms with E-state index in [1.165, 1.54) is 30.3 Å². The smallest absolute Gasteiger partial charge is 0.265 e. The van der Waals surface area contributed by atoms with Gasteiger partial charge in [-0.05, 0) is 37.1 Å². The van der Waals surface area contributed by atoms with Gasteiger partial charge >= 0.3 is 0 Å². The van der Waals surface area contributed by atoms with Crippen LogP contribution in [0.1, 0.15) is 18.4 Å². The molecular weight excluding hydrogens is 334 g/mol. The third kappa shape index (κ3) is 2.18. The van der Waals surface area contributed by atoms with Gasteiger partial charge in [0.1, 0.15) is 11.6 Å². The van der Waals surface area contributed by atoms with Crippen LogP contribution in [0.3, 0.4) is 0 Å². The van der Waals surface area contributed by atoms with Gasteiger partial charge in [-0.3, -0.25) is 4.31 Å². The Labute approximate surface area is 139 Å². The maximum atomic E-state index is 14.5. The summed E-state index contributed by atoms with van der Waals surface area (Å²) < 4.78 is 55.3. The lowest BCUT2D eigenvalue weighted by atomic mass is 10.2. The molecule has 4 nitrogen and oxygen atoms in total. The Kier molecular flexibility index (Phi) is 3.49. The summed E-state index contributed by atoms with van der Waals surface area (Å²) >= 11 is 0. The van der Waals surface area contributed by atoms with E-state index in [4.69, 9.17) is 0 Å². The molecule has 2 aromatic carbocycles. The minimum atomic E-state index is -3.89. The monoisotopic (exact) mass is 350 g/mol. The third-order valence-electron chi connectivity index (χ3n) is 4.60. The van der Waals surface area contributed by atoms with Gasteiger partial charge in [0, 0.05) is 18.7 Å². The molecule has 2 aromatic rings. The quantitative estimate of drug-likeness (QED) is 0.835. The highest BCUT2D eigenvalue weighted by molar-refractivity contribution is 7.93. The van der Waals surface area contributed by atoms with E-state index in [1.807, 2.05) is 4.90 Å². The molecule has 0 aliphatic carbocycles. The predicted octanol–water partition coefficient (Wildman–Crippen LogP) is 3.27. The van der Waals surface area contributed by atoms with Gasteiger partial charge in [0.25, 0.3) is 10.0 Å². The van der Waals surface area contributed by atoms with Crippen LogP contribution in [0.4, 0.5) is 20.2 Å². The number of hydrogen-bond acceptors (Lipinski definition) is 3. The molecule has 2 aliphatic heterocycles. The average Bonchev–Trinajstić information content (AvgIpc) is 3.15. The summed E-state index contributed by atoms with van der Waals surface area (Å²) in [7, 11) is -3.89. The van der Waals surface area contributed by atoms with Gasteiger partial charge < -0.3 is 4.90 Å². The minimum Gasteiger partial charge on any atom is -0.367 e. The Morgan fingerprint density at radius 3 is 2.29 bits per heavy atom. The maximum absolute atomic E-state index is 14.5. The zero-order chi connectivity index (χ0) is 16.9. The van der Waals surface area contributed by atoms with Crippen molar-refractivity contribution in [3.05, 3.63) is 53.6 Å². The molecule has 1 fully saturated rings. The first-order valence-corrected chi connectivity index (χ1v) is 9.28. The first-order valence-electron chi connectivity index (χ1n) is 7.84. The second-order valence-corrected chi connectivity index (χ2v) is 7.86. The summed E-state index contributed by atoms with van der Waals surface area (Å²) in [5, 5.41) is 0. The molecule has 0 N–H and O–H groups in total. The highest BCUT2D eigenvalue weighted by Gasteiger charge is 2.38. The largest absolute Gasteiger partial charge is 0.367 e. The number of anilines is 2. The second-order valence-electron chi connectivity index (χ2n) is 6.03. The zero-order valence-electron chi connectivity index (χ0n) is 12.9. The van der Waals surface area contributed by atoms with Crippen LogP contribution >= 0.6 is 0 Å². The lowest BCUT2D eigenvalue weighted by Gasteiger charge is -2.26. The second kappa shape index (κ2) is 5.44. The number of benzene rings is 2. The highest BCUT2D eigenvalue weighted by atomic mass is 32.2. The van der Waals surface area contributed by atoms with E-state index in [1.54, 1.807) is 6.07 Å². The Balaban J connectivity index is 1.87. The Morgan fingerprint density at radius 1 is 0.917 bits per heavy atom. The van der Waals surface area contributed by atoms with Crippen molar-refractivity contribution >= 4 is 21.4 Å². The van der Waals surface area contributed by atoms with E-state index in [9.17, 15) is 17.2 Å². The van der Waals surface area contributed by atoms with E-state index in [2.05, 4.69) is 0 Å². The number of rotatable bonds is 2. The molecule has 2 aliphatic rings. The first-order chi connectivity index (χ1) is 11.5. The van der Waals surface area contributed by atoms with Crippen LogP contribution in [0.2, 0.25) is 0 Å². The van der Waals surface area contributed by atoms with Crippen LogP contribution in [0.25, 0.3) is 0 Å². The topological polar surface area (TPSA) is 40.6 Å². The van der Waals surface area contributed by atoms with Crippen molar-refractivity contribution in [1.82, 2.24) is 0 Å². The summed E-state index contributed by atoms with van der Waals surface area (Å²) in [5.74, 6) is -1.02. The van der Waals surface area contributed by atoms with Crippen molar-refractivity contribution < 1.29 is 17.2 Å². The van der Waals surface area contributed by atoms with Crippen molar-refractivity contribution in [3.8, 4) is 0 Å². The van der Waals surface area contributed by atoms with Gasteiger partial charge in [0.05, 0.1) is 22.8 Å². The Morgan fingerprint density at radius 2 is 1.58 bits per heavy atom. The molecule has 0 saturated carbocycles. The first kappa shape index (κ1) is 15.4. The highest BCUT2D eigenvalue weighted by Crippen LogP contribution is 2.42. The van der Waals surface area contributed by atoms with Crippen LogP contribution in [0.15, 0.2) is 41.3 Å². The summed E-state index contributed by atoms with van der Waals surface area (Å²) in [4.78, 5) is 1.82. The zero-order valence-corrected chi connectivity index (χ0v) is 13.7. The summed E-state index contributed by atoms with van der Waals surface area (Å²) in [6, 6.07) is 8.40. The summed E-state index contributed by atoms with van der Waals surface area (Å²) in [6.07, 6.45) is 1.88. The van der Waals surface area contributed by atoms with Gasteiger partial charge in [0.2, 0.25) is 0 Å². The van der Waals surface area contributed by atoms with Crippen LogP contribution in [-0.4, -0.2) is 21.5 Å². The molecule has 126 valence electrons. The molecule has 0 unspecified atom stereocenters. The van der Waals surface area contributed by atoms with Gasteiger partial charge in [0.15, 0.2) is 0 Å². The fourth-order valence-electron chi connectivity index (χ4n) is 3.45. The van der Waals surface area contributed by atoms with Crippen LogP contribution in [0.5, 0.6) is 0 Å². The molecular formula is C17H16F2N2O2S. The Hall–Kier alpha value is -2.15. The molecule has 2 heterocycles. The van der Waals surface area contributed by atoms with Crippen molar-refractivity contribution in [2.75, 3.05) is 22.3 Å². The SMILES string of the molecule is O=S1(=O)c2cccc(F)c2CN1c1cccc(F)c1N1CCCC1. The van der Waals surface area contributed by atoms with E-state index in [-0.39, 0.29) is 28.4 Å². The third-order valence-corrected chi connectivity index (χ3v) is 6.45. The molecule has 24 heavy (non-hydrogen) atoms. The van der Waals surface area contributed by atoms with Crippen molar-refractivity contribution in [2.45, 2.75) is 24.3 Å². The van der Waals surface area contributed by atoms with E-state index < -0.39 is 21.7 Å². The van der Waals surface area contributed by atoms with Crippen LogP contribution in [0, 0.1) is 11.6 Å². The molecule has 0 amide bonds. The number of hydrogen-bond donors (Lipinski definition) is 0. The predicted molar refractivity (Wildman–Crippen MR) is 87.6 cm³/mol. The number of sulfonamides is 1.